The lowest BCUT2D eigenvalue weighted by Gasteiger charge is -2.00. The molecule has 0 aromatic carbocycles. The number of H-pyrrole nitrogens is 1. The van der Waals surface area contributed by atoms with E-state index in [4.69, 9.17) is 0 Å². The number of carbonyl (C=O) groups excluding carboxylic acids is 2. The highest BCUT2D eigenvalue weighted by molar-refractivity contribution is 5.93. The van der Waals surface area contributed by atoms with Gasteiger partial charge in [0.2, 0.25) is 12.4 Å². The number of rotatable bonds is 3. The Bertz CT molecular complexity index is 663. The maximum atomic E-state index is 11.6. The number of aromatic nitrogens is 4. The van der Waals surface area contributed by atoms with Gasteiger partial charge in [0.1, 0.15) is 5.69 Å². The van der Waals surface area contributed by atoms with Crippen molar-refractivity contribution in [2.24, 2.45) is 0 Å². The lowest BCUT2D eigenvalue weighted by molar-refractivity contribution is -0.105. The Kier molecular flexibility index (Phi) is 2.61. The molecule has 0 radical (unpaired) electrons. The van der Waals surface area contributed by atoms with E-state index < -0.39 is 5.56 Å². The molecule has 1 amide bonds. The minimum Gasteiger partial charge on any atom is -0.299 e. The summed E-state index contributed by atoms with van der Waals surface area (Å²) < 4.78 is 0. The zero-order chi connectivity index (χ0) is 12.4. The lowest BCUT2D eigenvalue weighted by atomic mass is 10.3. The number of nitrogens with one attached hydrogen (secondary N) is 2. The summed E-state index contributed by atoms with van der Waals surface area (Å²) in [6.07, 6.45) is 1.60. The van der Waals surface area contributed by atoms with E-state index in [0.29, 0.717) is 6.41 Å². The fourth-order valence-corrected chi connectivity index (χ4v) is 1.21. The quantitative estimate of drug-likeness (QED) is 0.544. The third-order valence-electron chi connectivity index (χ3n) is 1.97. The van der Waals surface area contributed by atoms with Gasteiger partial charge in [-0.3, -0.25) is 24.7 Å². The van der Waals surface area contributed by atoms with Crippen molar-refractivity contribution in [2.45, 2.75) is 6.92 Å². The number of ketones is 1. The van der Waals surface area contributed by atoms with E-state index in [2.05, 4.69) is 25.3 Å². The molecule has 2 rings (SSSR count). The highest BCUT2D eigenvalue weighted by Gasteiger charge is 2.09. The molecule has 2 aromatic rings. The molecule has 2 heterocycles. The summed E-state index contributed by atoms with van der Waals surface area (Å²) in [5.74, 6) is -0.323. The minimum absolute atomic E-state index is 0.0256. The fourth-order valence-electron chi connectivity index (χ4n) is 1.21. The van der Waals surface area contributed by atoms with Crippen LogP contribution in [-0.2, 0) is 4.79 Å². The number of carbonyl (C=O) groups is 2. The van der Waals surface area contributed by atoms with Gasteiger partial charge in [-0.05, 0) is 0 Å². The molecule has 0 bridgehead atoms. The molecule has 8 nitrogen and oxygen atoms in total. The van der Waals surface area contributed by atoms with Gasteiger partial charge in [0.05, 0.1) is 6.20 Å². The summed E-state index contributed by atoms with van der Waals surface area (Å²) in [6, 6.07) is 0. The molecule has 8 heteroatoms. The van der Waals surface area contributed by atoms with Gasteiger partial charge < -0.3 is 0 Å². The van der Waals surface area contributed by atoms with E-state index in [0.717, 1.165) is 0 Å². The Hall–Kier alpha value is -2.64. The second-order valence-corrected chi connectivity index (χ2v) is 3.16. The van der Waals surface area contributed by atoms with Crippen LogP contribution < -0.4 is 10.9 Å². The van der Waals surface area contributed by atoms with Crippen LogP contribution in [0.4, 0.5) is 5.95 Å². The predicted molar refractivity (Wildman–Crippen MR) is 57.6 cm³/mol. The second kappa shape index (κ2) is 4.08. The van der Waals surface area contributed by atoms with Crippen molar-refractivity contribution >= 4 is 29.3 Å². The summed E-state index contributed by atoms with van der Waals surface area (Å²) in [6.45, 7) is 1.32. The van der Waals surface area contributed by atoms with Crippen LogP contribution in [0.1, 0.15) is 17.4 Å². The van der Waals surface area contributed by atoms with Gasteiger partial charge in [-0.2, -0.15) is 4.98 Å². The standard InChI is InChI=1S/C9H7N5O3/c1-4(16)5-2-10-7-6(12-5)8(17)14-9(13-7)11-3-15/h2-3H,1H3,(H2,10,11,13,14,15,17). The zero-order valence-corrected chi connectivity index (χ0v) is 8.72. The number of hydrogen-bond donors (Lipinski definition) is 2. The van der Waals surface area contributed by atoms with E-state index in [-0.39, 0.29) is 28.6 Å². The van der Waals surface area contributed by atoms with Crippen LogP contribution in [0, 0.1) is 0 Å². The first-order valence-corrected chi connectivity index (χ1v) is 4.60. The molecule has 0 aliphatic heterocycles. The van der Waals surface area contributed by atoms with Crippen LogP contribution in [0.2, 0.25) is 0 Å². The first-order valence-electron chi connectivity index (χ1n) is 4.60. The topological polar surface area (TPSA) is 118 Å². The van der Waals surface area contributed by atoms with Crippen LogP contribution in [0.5, 0.6) is 0 Å². The van der Waals surface area contributed by atoms with Gasteiger partial charge in [0.25, 0.3) is 5.56 Å². The summed E-state index contributed by atoms with van der Waals surface area (Å²) in [5, 5.41) is 2.20. The van der Waals surface area contributed by atoms with Gasteiger partial charge in [-0.1, -0.05) is 0 Å². The minimum atomic E-state index is -0.574. The summed E-state index contributed by atoms with van der Waals surface area (Å²) in [4.78, 5) is 46.7. The first-order chi connectivity index (χ1) is 8.11. The SMILES string of the molecule is CC(=O)c1cnc2nc(NC=O)[nH]c(=O)c2n1. The maximum absolute atomic E-state index is 11.6. The highest BCUT2D eigenvalue weighted by atomic mass is 16.1. The van der Waals surface area contributed by atoms with Crippen molar-refractivity contribution in [3.63, 3.8) is 0 Å². The second-order valence-electron chi connectivity index (χ2n) is 3.16. The Morgan fingerprint density at radius 2 is 2.24 bits per heavy atom. The van der Waals surface area contributed by atoms with E-state index in [1.807, 2.05) is 0 Å². The number of Topliss-reactive ketones (excluding diaryl/α,β-unsaturated/α-hetero) is 1. The molecular formula is C9H7N5O3. The smallest absolute Gasteiger partial charge is 0.280 e. The predicted octanol–water partition coefficient (Wildman–Crippen LogP) is -0.516. The Morgan fingerprint density at radius 3 is 2.88 bits per heavy atom. The molecule has 17 heavy (non-hydrogen) atoms. The summed E-state index contributed by atoms with van der Waals surface area (Å²) in [5.41, 5.74) is -0.479. The maximum Gasteiger partial charge on any atom is 0.280 e. The molecule has 0 unspecified atom stereocenters. The van der Waals surface area contributed by atoms with Crippen LogP contribution in [0.15, 0.2) is 11.0 Å². The molecule has 0 fully saturated rings. The van der Waals surface area contributed by atoms with E-state index in [9.17, 15) is 14.4 Å². The highest BCUT2D eigenvalue weighted by Crippen LogP contribution is 2.04. The van der Waals surface area contributed by atoms with Crippen molar-refractivity contribution < 1.29 is 9.59 Å². The third-order valence-corrected chi connectivity index (χ3v) is 1.97. The lowest BCUT2D eigenvalue weighted by Crippen LogP contribution is -2.15. The molecular weight excluding hydrogens is 226 g/mol. The number of aromatic amines is 1. The van der Waals surface area contributed by atoms with E-state index in [1.54, 1.807) is 0 Å². The van der Waals surface area contributed by atoms with Gasteiger partial charge in [0, 0.05) is 6.92 Å². The molecule has 2 aromatic heterocycles. The Labute approximate surface area is 94.1 Å². The Balaban J connectivity index is 2.68. The Morgan fingerprint density at radius 1 is 1.47 bits per heavy atom. The van der Waals surface area contributed by atoms with Gasteiger partial charge in [-0.15, -0.1) is 0 Å². The monoisotopic (exact) mass is 233 g/mol. The molecule has 0 saturated heterocycles. The molecule has 2 N–H and O–H groups in total. The average Bonchev–Trinajstić information content (AvgIpc) is 2.29. The number of hydrogen-bond acceptors (Lipinski definition) is 6. The van der Waals surface area contributed by atoms with Crippen molar-refractivity contribution in [1.82, 2.24) is 19.9 Å². The molecule has 0 saturated carbocycles. The van der Waals surface area contributed by atoms with Crippen molar-refractivity contribution in [1.29, 1.82) is 0 Å². The average molecular weight is 233 g/mol. The zero-order valence-electron chi connectivity index (χ0n) is 8.72. The van der Waals surface area contributed by atoms with E-state index >= 15 is 0 Å². The number of nitrogens with zero attached hydrogens (tertiary/aromatic N) is 3. The number of amides is 1. The van der Waals surface area contributed by atoms with Gasteiger partial charge >= 0.3 is 0 Å². The molecule has 86 valence electrons. The van der Waals surface area contributed by atoms with Crippen LogP contribution >= 0.6 is 0 Å². The van der Waals surface area contributed by atoms with Gasteiger partial charge in [-0.25, -0.2) is 9.97 Å². The van der Waals surface area contributed by atoms with Crippen LogP contribution in [-0.4, -0.2) is 32.1 Å². The van der Waals surface area contributed by atoms with Crippen molar-refractivity contribution in [3.05, 3.63) is 22.2 Å². The van der Waals surface area contributed by atoms with Crippen molar-refractivity contribution in [3.8, 4) is 0 Å². The number of fused-ring (bicyclic) bond motifs is 1. The van der Waals surface area contributed by atoms with Crippen LogP contribution in [0.25, 0.3) is 11.2 Å². The van der Waals surface area contributed by atoms with Crippen molar-refractivity contribution in [2.75, 3.05) is 5.32 Å². The summed E-state index contributed by atoms with van der Waals surface area (Å²) in [7, 11) is 0. The third kappa shape index (κ3) is 2.00. The van der Waals surface area contributed by atoms with Crippen LogP contribution in [0.3, 0.4) is 0 Å². The van der Waals surface area contributed by atoms with Gasteiger partial charge in [0.15, 0.2) is 16.9 Å². The molecule has 0 atom stereocenters. The molecule has 0 spiro atoms. The molecule has 0 aliphatic carbocycles. The normalized spacial score (nSPS) is 10.2. The molecule has 0 aliphatic rings. The summed E-state index contributed by atoms with van der Waals surface area (Å²) >= 11 is 0. The van der Waals surface area contributed by atoms with E-state index in [1.165, 1.54) is 13.1 Å². The first kappa shape index (κ1) is 10.9. The fraction of sp³-hybridized carbons (Fsp3) is 0.111. The number of anilines is 1. The largest absolute Gasteiger partial charge is 0.299 e.